The fraction of sp³-hybridized carbons (Fsp3) is 0.167. The molecule has 2 atom stereocenters. The van der Waals surface area contributed by atoms with Gasteiger partial charge < -0.3 is 10.2 Å². The summed E-state index contributed by atoms with van der Waals surface area (Å²) in [5.74, 6) is 0. The van der Waals surface area contributed by atoms with E-state index in [0.29, 0.717) is 11.1 Å². The SMILES string of the molecule is C=CC(O)c1ccccc1C(O)C=C. The Morgan fingerprint density at radius 2 is 1.29 bits per heavy atom. The first-order valence-electron chi connectivity index (χ1n) is 4.40. The maximum absolute atomic E-state index is 9.59. The van der Waals surface area contributed by atoms with Crippen LogP contribution in [0.3, 0.4) is 0 Å². The number of hydrogen-bond donors (Lipinski definition) is 2. The normalized spacial score (nSPS) is 14.4. The van der Waals surface area contributed by atoms with Crippen molar-refractivity contribution >= 4 is 0 Å². The molecular formula is C12H14O2. The molecule has 0 aliphatic rings. The first-order valence-corrected chi connectivity index (χ1v) is 4.40. The highest BCUT2D eigenvalue weighted by atomic mass is 16.3. The van der Waals surface area contributed by atoms with E-state index in [4.69, 9.17) is 0 Å². The third-order valence-corrected chi connectivity index (χ3v) is 2.08. The first kappa shape index (κ1) is 10.7. The zero-order valence-corrected chi connectivity index (χ0v) is 7.93. The van der Waals surface area contributed by atoms with Crippen molar-refractivity contribution in [1.29, 1.82) is 0 Å². The summed E-state index contributed by atoms with van der Waals surface area (Å²) in [6, 6.07) is 7.13. The second kappa shape index (κ2) is 4.74. The van der Waals surface area contributed by atoms with Crippen LogP contribution in [0, 0.1) is 0 Å². The smallest absolute Gasteiger partial charge is 0.0972 e. The summed E-state index contributed by atoms with van der Waals surface area (Å²) in [6.07, 6.45) is 1.35. The highest BCUT2D eigenvalue weighted by Gasteiger charge is 2.12. The molecule has 0 fully saturated rings. The number of aliphatic hydroxyl groups excluding tert-OH is 2. The molecule has 0 aromatic heterocycles. The maximum Gasteiger partial charge on any atom is 0.0972 e. The molecule has 1 aromatic rings. The number of hydrogen-bond acceptors (Lipinski definition) is 2. The zero-order chi connectivity index (χ0) is 10.6. The van der Waals surface area contributed by atoms with Gasteiger partial charge in [0.1, 0.15) is 0 Å². The average Bonchev–Trinajstić information content (AvgIpc) is 2.27. The quantitative estimate of drug-likeness (QED) is 0.714. The first-order chi connectivity index (χ1) is 6.70. The van der Waals surface area contributed by atoms with Gasteiger partial charge in [0.25, 0.3) is 0 Å². The van der Waals surface area contributed by atoms with Crippen LogP contribution in [0.4, 0.5) is 0 Å². The van der Waals surface area contributed by atoms with Gasteiger partial charge in [-0.2, -0.15) is 0 Å². The molecule has 0 heterocycles. The second-order valence-electron chi connectivity index (χ2n) is 2.99. The molecule has 0 aliphatic heterocycles. The van der Waals surface area contributed by atoms with E-state index in [0.717, 1.165) is 0 Å². The molecule has 0 saturated carbocycles. The van der Waals surface area contributed by atoms with Crippen molar-refractivity contribution in [2.45, 2.75) is 12.2 Å². The van der Waals surface area contributed by atoms with E-state index in [-0.39, 0.29) is 0 Å². The highest BCUT2D eigenvalue weighted by molar-refractivity contribution is 5.34. The Kier molecular flexibility index (Phi) is 3.63. The van der Waals surface area contributed by atoms with Crippen molar-refractivity contribution in [3.05, 3.63) is 60.7 Å². The standard InChI is InChI=1S/C12H14O2/c1-3-11(13)9-7-5-6-8-10(9)12(14)4-2/h3-8,11-14H,1-2H2. The fourth-order valence-electron chi connectivity index (χ4n) is 1.30. The molecule has 1 rings (SSSR count). The van der Waals surface area contributed by atoms with E-state index in [1.165, 1.54) is 12.2 Å². The molecule has 2 nitrogen and oxygen atoms in total. The van der Waals surface area contributed by atoms with Crippen LogP contribution in [-0.4, -0.2) is 10.2 Å². The van der Waals surface area contributed by atoms with Gasteiger partial charge in [-0.05, 0) is 11.1 Å². The van der Waals surface area contributed by atoms with Crippen LogP contribution < -0.4 is 0 Å². The van der Waals surface area contributed by atoms with Gasteiger partial charge in [-0.25, -0.2) is 0 Å². The molecule has 0 radical (unpaired) electrons. The summed E-state index contributed by atoms with van der Waals surface area (Å²) in [6.45, 7) is 7.01. The average molecular weight is 190 g/mol. The minimum atomic E-state index is -0.749. The molecule has 0 saturated heterocycles. The van der Waals surface area contributed by atoms with Crippen molar-refractivity contribution < 1.29 is 10.2 Å². The van der Waals surface area contributed by atoms with Gasteiger partial charge in [0.05, 0.1) is 12.2 Å². The molecule has 0 spiro atoms. The Hall–Kier alpha value is -1.38. The topological polar surface area (TPSA) is 40.5 Å². The summed E-state index contributed by atoms with van der Waals surface area (Å²) in [7, 11) is 0. The predicted molar refractivity (Wildman–Crippen MR) is 56.8 cm³/mol. The van der Waals surface area contributed by atoms with E-state index in [2.05, 4.69) is 13.2 Å². The van der Waals surface area contributed by atoms with E-state index in [9.17, 15) is 10.2 Å². The fourth-order valence-corrected chi connectivity index (χ4v) is 1.30. The Bertz CT molecular complexity index is 298. The predicted octanol–water partition coefficient (Wildman–Crippen LogP) is 2.13. The lowest BCUT2D eigenvalue weighted by Crippen LogP contribution is -2.02. The van der Waals surface area contributed by atoms with Crippen molar-refractivity contribution in [1.82, 2.24) is 0 Å². The highest BCUT2D eigenvalue weighted by Crippen LogP contribution is 2.24. The van der Waals surface area contributed by atoms with Crippen molar-refractivity contribution in [3.8, 4) is 0 Å². The van der Waals surface area contributed by atoms with E-state index < -0.39 is 12.2 Å². The molecule has 0 bridgehead atoms. The third kappa shape index (κ3) is 2.10. The Balaban J connectivity index is 3.14. The van der Waals surface area contributed by atoms with Gasteiger partial charge in [-0.15, -0.1) is 13.2 Å². The molecule has 14 heavy (non-hydrogen) atoms. The van der Waals surface area contributed by atoms with Crippen molar-refractivity contribution in [2.75, 3.05) is 0 Å². The zero-order valence-electron chi connectivity index (χ0n) is 7.93. The van der Waals surface area contributed by atoms with E-state index in [1.54, 1.807) is 24.3 Å². The lowest BCUT2D eigenvalue weighted by atomic mass is 9.98. The third-order valence-electron chi connectivity index (χ3n) is 2.08. The molecular weight excluding hydrogens is 176 g/mol. The lowest BCUT2D eigenvalue weighted by molar-refractivity contribution is 0.205. The lowest BCUT2D eigenvalue weighted by Gasteiger charge is -2.14. The molecule has 2 heteroatoms. The molecule has 74 valence electrons. The number of benzene rings is 1. The summed E-state index contributed by atoms with van der Waals surface area (Å²) in [4.78, 5) is 0. The van der Waals surface area contributed by atoms with Crippen LogP contribution in [0.2, 0.25) is 0 Å². The molecule has 2 unspecified atom stereocenters. The Labute approximate surface area is 83.8 Å². The summed E-state index contributed by atoms with van der Waals surface area (Å²) in [5.41, 5.74) is 1.32. The van der Waals surface area contributed by atoms with Gasteiger partial charge in [-0.1, -0.05) is 36.4 Å². The largest absolute Gasteiger partial charge is 0.384 e. The molecule has 2 N–H and O–H groups in total. The number of rotatable bonds is 4. The minimum Gasteiger partial charge on any atom is -0.384 e. The van der Waals surface area contributed by atoms with Gasteiger partial charge >= 0.3 is 0 Å². The van der Waals surface area contributed by atoms with Gasteiger partial charge in [-0.3, -0.25) is 0 Å². The summed E-state index contributed by atoms with van der Waals surface area (Å²) >= 11 is 0. The minimum absolute atomic E-state index is 0.662. The Morgan fingerprint density at radius 1 is 0.929 bits per heavy atom. The summed E-state index contributed by atoms with van der Waals surface area (Å²) in [5, 5.41) is 19.2. The molecule has 0 aliphatic carbocycles. The van der Waals surface area contributed by atoms with Gasteiger partial charge in [0.15, 0.2) is 0 Å². The van der Waals surface area contributed by atoms with Crippen LogP contribution in [-0.2, 0) is 0 Å². The van der Waals surface area contributed by atoms with Crippen LogP contribution in [0.25, 0.3) is 0 Å². The molecule has 1 aromatic carbocycles. The summed E-state index contributed by atoms with van der Waals surface area (Å²) < 4.78 is 0. The van der Waals surface area contributed by atoms with Gasteiger partial charge in [0, 0.05) is 0 Å². The van der Waals surface area contributed by atoms with Gasteiger partial charge in [0.2, 0.25) is 0 Å². The monoisotopic (exact) mass is 190 g/mol. The Morgan fingerprint density at radius 3 is 1.57 bits per heavy atom. The van der Waals surface area contributed by atoms with E-state index in [1.807, 2.05) is 0 Å². The maximum atomic E-state index is 9.59. The van der Waals surface area contributed by atoms with Crippen molar-refractivity contribution in [2.24, 2.45) is 0 Å². The van der Waals surface area contributed by atoms with Crippen LogP contribution >= 0.6 is 0 Å². The van der Waals surface area contributed by atoms with Crippen LogP contribution in [0.5, 0.6) is 0 Å². The van der Waals surface area contributed by atoms with E-state index >= 15 is 0 Å². The van der Waals surface area contributed by atoms with Crippen LogP contribution in [0.1, 0.15) is 23.3 Å². The second-order valence-corrected chi connectivity index (χ2v) is 2.99. The van der Waals surface area contributed by atoms with Crippen LogP contribution in [0.15, 0.2) is 49.6 Å². The number of aliphatic hydroxyl groups is 2. The van der Waals surface area contributed by atoms with Crippen molar-refractivity contribution in [3.63, 3.8) is 0 Å². The molecule has 0 amide bonds.